The highest BCUT2D eigenvalue weighted by atomic mass is 35.5. The zero-order valence-corrected chi connectivity index (χ0v) is 30.2. The van der Waals surface area contributed by atoms with Gasteiger partial charge in [0, 0.05) is 61.7 Å². The third-order valence-electron chi connectivity index (χ3n) is 11.4. The van der Waals surface area contributed by atoms with E-state index in [-0.39, 0.29) is 74.5 Å². The van der Waals surface area contributed by atoms with Crippen molar-refractivity contribution in [1.82, 2.24) is 34.7 Å². The molecule has 9 rings (SSSR count). The van der Waals surface area contributed by atoms with Crippen molar-refractivity contribution in [1.29, 1.82) is 0 Å². The van der Waals surface area contributed by atoms with Gasteiger partial charge in [0.2, 0.25) is 0 Å². The van der Waals surface area contributed by atoms with Crippen LogP contribution < -0.4 is 9.64 Å². The first-order valence-electron chi connectivity index (χ1n) is 18.1. The van der Waals surface area contributed by atoms with Gasteiger partial charge in [0.15, 0.2) is 11.6 Å². The molecule has 15 heteroatoms. The lowest BCUT2D eigenvalue weighted by molar-refractivity contribution is -0.129. The topological polar surface area (TPSA) is 121 Å². The zero-order chi connectivity index (χ0) is 38.0. The van der Waals surface area contributed by atoms with Crippen LogP contribution in [-0.2, 0) is 4.79 Å². The molecule has 4 aliphatic rings. The number of piperazine rings is 1. The number of fused-ring (bicyclic) bond motifs is 5. The molecule has 7 heterocycles. The average molecular weight is 767 g/mol. The first kappa shape index (κ1) is 35.2. The molecule has 0 radical (unpaired) electrons. The van der Waals surface area contributed by atoms with Gasteiger partial charge in [-0.3, -0.25) is 14.7 Å². The number of phenolic OH excluding ortho intramolecular Hbond substituents is 1. The van der Waals surface area contributed by atoms with Crippen molar-refractivity contribution in [2.24, 2.45) is 0 Å². The number of rotatable bonds is 7. The monoisotopic (exact) mass is 766 g/mol. The van der Waals surface area contributed by atoms with Crippen molar-refractivity contribution in [2.45, 2.75) is 55.9 Å². The molecule has 1 amide bonds. The summed E-state index contributed by atoms with van der Waals surface area (Å²) in [6.07, 6.45) is 14.2. The number of carbonyl (C=O) groups is 1. The number of benzene rings is 2. The molecule has 0 aliphatic carbocycles. The van der Waals surface area contributed by atoms with Crippen molar-refractivity contribution in [2.75, 3.05) is 37.7 Å². The van der Waals surface area contributed by atoms with E-state index in [0.717, 1.165) is 19.4 Å². The molecule has 2 aromatic carbocycles. The minimum absolute atomic E-state index is 0.00590. The van der Waals surface area contributed by atoms with E-state index in [1.807, 2.05) is 4.90 Å². The number of hydrogen-bond donors (Lipinski definition) is 1. The molecule has 4 atom stereocenters. The van der Waals surface area contributed by atoms with Crippen LogP contribution in [0.25, 0.3) is 39.0 Å². The Balaban J connectivity index is 1.12. The summed E-state index contributed by atoms with van der Waals surface area (Å²) in [5.74, 6) is 0.976. The van der Waals surface area contributed by atoms with Gasteiger partial charge >= 0.3 is 6.01 Å². The number of amides is 1. The number of halogens is 4. The van der Waals surface area contributed by atoms with Crippen LogP contribution in [0, 0.1) is 24.0 Å². The summed E-state index contributed by atoms with van der Waals surface area (Å²) in [4.78, 5) is 41.7. The van der Waals surface area contributed by atoms with Crippen LogP contribution in [0.15, 0.2) is 54.0 Å². The highest BCUT2D eigenvalue weighted by Gasteiger charge is 2.50. The van der Waals surface area contributed by atoms with E-state index in [2.05, 4.69) is 30.8 Å². The molecule has 4 fully saturated rings. The first-order valence-corrected chi connectivity index (χ1v) is 18.5. The van der Waals surface area contributed by atoms with Crippen LogP contribution in [-0.4, -0.2) is 102 Å². The number of carbonyl (C=O) groups excluding carboxylic acids is 1. The van der Waals surface area contributed by atoms with Gasteiger partial charge in [0.1, 0.15) is 46.4 Å². The molecule has 11 nitrogen and oxygen atoms in total. The zero-order valence-electron chi connectivity index (χ0n) is 29.4. The van der Waals surface area contributed by atoms with Gasteiger partial charge in [-0.25, -0.2) is 23.1 Å². The summed E-state index contributed by atoms with van der Waals surface area (Å²) in [6.45, 7) is 1.92. The average Bonchev–Trinajstić information content (AvgIpc) is 3.80. The Morgan fingerprint density at radius 3 is 2.65 bits per heavy atom. The normalized spacial score (nSPS) is 23.8. The van der Waals surface area contributed by atoms with E-state index in [4.69, 9.17) is 27.7 Å². The molecule has 55 heavy (non-hydrogen) atoms. The van der Waals surface area contributed by atoms with Crippen LogP contribution in [0.5, 0.6) is 11.8 Å². The van der Waals surface area contributed by atoms with Gasteiger partial charge in [-0.1, -0.05) is 23.6 Å². The largest absolute Gasteiger partial charge is 0.508 e. The molecule has 0 unspecified atom stereocenters. The lowest BCUT2D eigenvalue weighted by Crippen LogP contribution is -2.56. The van der Waals surface area contributed by atoms with Gasteiger partial charge in [-0.2, -0.15) is 9.97 Å². The number of nitrogens with zero attached hydrogens (tertiary/aromatic N) is 8. The number of ether oxygens (including phenoxy) is 1. The second-order valence-corrected chi connectivity index (χ2v) is 15.0. The van der Waals surface area contributed by atoms with Gasteiger partial charge in [0.25, 0.3) is 5.91 Å². The molecule has 280 valence electrons. The summed E-state index contributed by atoms with van der Waals surface area (Å²) in [7, 11) is 0. The Kier molecular flexibility index (Phi) is 8.74. The minimum Gasteiger partial charge on any atom is -0.508 e. The Morgan fingerprint density at radius 1 is 1.11 bits per heavy atom. The highest BCUT2D eigenvalue weighted by Crippen LogP contribution is 2.43. The minimum atomic E-state index is -0.976. The Labute approximate surface area is 318 Å². The standard InChI is InChI=1S/C40H34ClF3N8O3/c1-2-27-31(43)8-5-22-13-26(53)14-28(33(22)27)35-34(44)36-29(17-47-35)37(49-39(48-36)55-21-40-9-3-12-51(40)18-23(42)16-40)50-19-24-6-7-25(20-50)52(24)38(54)30(41)15-32-45-10-4-11-46-32/h1,4-5,8,10-11,13-15,17,23-25,53H,3,6-7,9,12,16,18-21H2/b30-15-/t23-,24-,25+,40+/m1/s1. The summed E-state index contributed by atoms with van der Waals surface area (Å²) < 4.78 is 53.0. The number of hydrogen-bond acceptors (Lipinski definition) is 10. The summed E-state index contributed by atoms with van der Waals surface area (Å²) in [5.41, 5.74) is -0.851. The maximum Gasteiger partial charge on any atom is 0.319 e. The smallest absolute Gasteiger partial charge is 0.319 e. The highest BCUT2D eigenvalue weighted by molar-refractivity contribution is 6.44. The molecule has 4 saturated heterocycles. The molecule has 5 aromatic rings. The Hall–Kier alpha value is -5.52. The number of aromatic hydroxyl groups is 1. The van der Waals surface area contributed by atoms with E-state index < -0.39 is 23.3 Å². The maximum absolute atomic E-state index is 17.1. The molecular formula is C40H34ClF3N8O3. The lowest BCUT2D eigenvalue weighted by Gasteiger charge is -2.41. The maximum atomic E-state index is 17.1. The number of pyridine rings is 1. The third kappa shape index (κ3) is 6.06. The van der Waals surface area contributed by atoms with Crippen LogP contribution in [0.3, 0.4) is 0 Å². The molecular weight excluding hydrogens is 733 g/mol. The fourth-order valence-corrected chi connectivity index (χ4v) is 9.20. The molecule has 2 bridgehead atoms. The number of anilines is 1. The fraction of sp³-hybridized carbons (Fsp3) is 0.350. The summed E-state index contributed by atoms with van der Waals surface area (Å²) in [6, 6.07) is 6.44. The van der Waals surface area contributed by atoms with Crippen molar-refractivity contribution < 1.29 is 27.8 Å². The number of terminal acetylenes is 1. The molecule has 3 aromatic heterocycles. The van der Waals surface area contributed by atoms with Crippen molar-refractivity contribution in [3.8, 4) is 35.4 Å². The SMILES string of the molecule is C#Cc1c(F)ccc2cc(O)cc(-c3ncc4c(N5C[C@H]6CC[C@@H](C5)N6C(=O)/C(Cl)=C/c5ncccn5)nc(OC[C@@]56CCCN5C[C@H](F)C6)nc4c3F)c12. The Bertz CT molecular complexity index is 2430. The van der Waals surface area contributed by atoms with Gasteiger partial charge in [0.05, 0.1) is 28.6 Å². The number of alkyl halides is 1. The summed E-state index contributed by atoms with van der Waals surface area (Å²) >= 11 is 6.52. The third-order valence-corrected chi connectivity index (χ3v) is 11.7. The molecule has 1 N–H and O–H groups in total. The lowest BCUT2D eigenvalue weighted by atomic mass is 9.95. The predicted octanol–water partition coefficient (Wildman–Crippen LogP) is 6.01. The van der Waals surface area contributed by atoms with Crippen molar-refractivity contribution >= 4 is 51.1 Å². The first-order chi connectivity index (χ1) is 26.6. The van der Waals surface area contributed by atoms with Crippen LogP contribution in [0.1, 0.15) is 43.5 Å². The van der Waals surface area contributed by atoms with Crippen molar-refractivity contribution in [3.63, 3.8) is 0 Å². The van der Waals surface area contributed by atoms with Crippen LogP contribution >= 0.6 is 11.6 Å². The van der Waals surface area contributed by atoms with Crippen LogP contribution in [0.2, 0.25) is 0 Å². The molecule has 4 aliphatic heterocycles. The van der Waals surface area contributed by atoms with E-state index in [0.29, 0.717) is 55.9 Å². The van der Waals surface area contributed by atoms with E-state index in [1.165, 1.54) is 36.5 Å². The van der Waals surface area contributed by atoms with Gasteiger partial charge < -0.3 is 19.6 Å². The van der Waals surface area contributed by atoms with Gasteiger partial charge in [-0.15, -0.1) is 6.42 Å². The quantitative estimate of drug-likeness (QED) is 0.156. The fourth-order valence-electron chi connectivity index (χ4n) is 9.01. The second kappa shape index (κ2) is 13.6. The Morgan fingerprint density at radius 2 is 1.89 bits per heavy atom. The van der Waals surface area contributed by atoms with Gasteiger partial charge in [-0.05, 0) is 61.9 Å². The van der Waals surface area contributed by atoms with E-state index in [1.54, 1.807) is 23.4 Å². The van der Waals surface area contributed by atoms with Crippen molar-refractivity contribution in [3.05, 3.63) is 77.0 Å². The van der Waals surface area contributed by atoms with Crippen LogP contribution in [0.4, 0.5) is 19.0 Å². The number of phenols is 1. The number of aromatic nitrogens is 5. The van der Waals surface area contributed by atoms with E-state index >= 15 is 4.39 Å². The summed E-state index contributed by atoms with van der Waals surface area (Å²) in [5, 5.41) is 11.5. The molecule has 0 saturated carbocycles. The molecule has 0 spiro atoms. The predicted molar refractivity (Wildman–Crippen MR) is 200 cm³/mol. The second-order valence-electron chi connectivity index (χ2n) is 14.6. The van der Waals surface area contributed by atoms with E-state index in [9.17, 15) is 18.7 Å².